The number of nitrogens with zero attached hydrogens (tertiary/aromatic N) is 1. The Morgan fingerprint density at radius 3 is 2.43 bits per heavy atom. The van der Waals surface area contributed by atoms with Gasteiger partial charge in [0.15, 0.2) is 0 Å². The van der Waals surface area contributed by atoms with Crippen molar-refractivity contribution in [3.05, 3.63) is 66.4 Å². The first-order chi connectivity index (χ1) is 11.0. The molecule has 0 saturated carbocycles. The van der Waals surface area contributed by atoms with E-state index in [9.17, 15) is 13.2 Å². The molecule has 0 bridgehead atoms. The van der Waals surface area contributed by atoms with Crippen LogP contribution in [0.2, 0.25) is 0 Å². The second-order valence-electron chi connectivity index (χ2n) is 5.17. The fraction of sp³-hybridized carbons (Fsp3) is 0.118. The summed E-state index contributed by atoms with van der Waals surface area (Å²) in [6.07, 6.45) is 1.88. The summed E-state index contributed by atoms with van der Waals surface area (Å²) in [5, 5.41) is 9.59. The summed E-state index contributed by atoms with van der Waals surface area (Å²) in [5.74, 6) is -0.877. The van der Waals surface area contributed by atoms with Gasteiger partial charge < -0.3 is 5.11 Å². The number of hydrogen-bond acceptors (Lipinski definition) is 3. The number of hydrogen-bond donors (Lipinski definition) is 1. The SMILES string of the molecule is O=C(O)CCc1cccc2c1ccn2S(=O)(=O)c1ccccc1. The minimum Gasteiger partial charge on any atom is -0.481 e. The number of carbonyl (C=O) groups is 1. The average Bonchev–Trinajstić information content (AvgIpc) is 2.99. The van der Waals surface area contributed by atoms with Crippen LogP contribution in [0.3, 0.4) is 0 Å². The number of aromatic nitrogens is 1. The molecule has 0 fully saturated rings. The molecule has 0 radical (unpaired) electrons. The quantitative estimate of drug-likeness (QED) is 0.781. The van der Waals surface area contributed by atoms with E-state index in [-0.39, 0.29) is 11.3 Å². The lowest BCUT2D eigenvalue weighted by Gasteiger charge is -2.08. The van der Waals surface area contributed by atoms with Crippen molar-refractivity contribution in [2.75, 3.05) is 0 Å². The number of aryl methyl sites for hydroxylation is 1. The first kappa shape index (κ1) is 15.3. The van der Waals surface area contributed by atoms with Gasteiger partial charge in [0, 0.05) is 18.0 Å². The molecule has 1 aromatic heterocycles. The first-order valence-corrected chi connectivity index (χ1v) is 8.55. The molecule has 0 amide bonds. The summed E-state index contributed by atoms with van der Waals surface area (Å²) in [6, 6.07) is 15.2. The van der Waals surface area contributed by atoms with Crippen molar-refractivity contribution >= 4 is 26.9 Å². The lowest BCUT2D eigenvalue weighted by Crippen LogP contribution is -2.11. The van der Waals surface area contributed by atoms with E-state index < -0.39 is 16.0 Å². The molecule has 0 aliphatic carbocycles. The highest BCUT2D eigenvalue weighted by Crippen LogP contribution is 2.25. The zero-order valence-corrected chi connectivity index (χ0v) is 13.0. The van der Waals surface area contributed by atoms with Crippen molar-refractivity contribution in [1.82, 2.24) is 3.97 Å². The molecule has 0 atom stereocenters. The highest BCUT2D eigenvalue weighted by Gasteiger charge is 2.19. The number of benzene rings is 2. The fourth-order valence-corrected chi connectivity index (χ4v) is 3.95. The van der Waals surface area contributed by atoms with Gasteiger partial charge in [0.1, 0.15) is 0 Å². The minimum absolute atomic E-state index is 0.00965. The van der Waals surface area contributed by atoms with Crippen molar-refractivity contribution in [3.8, 4) is 0 Å². The Labute approximate surface area is 133 Å². The highest BCUT2D eigenvalue weighted by molar-refractivity contribution is 7.90. The van der Waals surface area contributed by atoms with Crippen molar-refractivity contribution < 1.29 is 18.3 Å². The smallest absolute Gasteiger partial charge is 0.303 e. The van der Waals surface area contributed by atoms with E-state index in [1.54, 1.807) is 48.5 Å². The van der Waals surface area contributed by atoms with E-state index in [4.69, 9.17) is 5.11 Å². The zero-order valence-electron chi connectivity index (χ0n) is 12.2. The van der Waals surface area contributed by atoms with Crippen molar-refractivity contribution in [2.24, 2.45) is 0 Å². The van der Waals surface area contributed by atoms with Crippen molar-refractivity contribution in [3.63, 3.8) is 0 Å². The molecule has 0 aliphatic heterocycles. The molecular weight excluding hydrogens is 314 g/mol. The second-order valence-corrected chi connectivity index (χ2v) is 6.99. The van der Waals surface area contributed by atoms with Crippen LogP contribution in [-0.4, -0.2) is 23.5 Å². The molecule has 0 aliphatic rings. The molecule has 1 N–H and O–H groups in total. The van der Waals surface area contributed by atoms with E-state index in [0.717, 1.165) is 10.9 Å². The van der Waals surface area contributed by atoms with Gasteiger partial charge >= 0.3 is 5.97 Å². The van der Waals surface area contributed by atoms with Crippen LogP contribution in [0.15, 0.2) is 65.7 Å². The van der Waals surface area contributed by atoms with Gasteiger partial charge in [-0.1, -0.05) is 30.3 Å². The second kappa shape index (κ2) is 5.89. The summed E-state index contributed by atoms with van der Waals surface area (Å²) in [6.45, 7) is 0. The van der Waals surface area contributed by atoms with Crippen LogP contribution in [0.25, 0.3) is 10.9 Å². The normalized spacial score (nSPS) is 11.7. The molecule has 0 spiro atoms. The van der Waals surface area contributed by atoms with Gasteiger partial charge in [0.25, 0.3) is 10.0 Å². The van der Waals surface area contributed by atoms with Crippen LogP contribution < -0.4 is 0 Å². The molecule has 0 unspecified atom stereocenters. The van der Waals surface area contributed by atoms with E-state index >= 15 is 0 Å². The summed E-state index contributed by atoms with van der Waals surface area (Å²) in [5.41, 5.74) is 1.38. The van der Waals surface area contributed by atoms with Gasteiger partial charge in [-0.3, -0.25) is 4.79 Å². The van der Waals surface area contributed by atoms with Crippen LogP contribution >= 0.6 is 0 Å². The van der Waals surface area contributed by atoms with Crippen molar-refractivity contribution in [1.29, 1.82) is 0 Å². The van der Waals surface area contributed by atoms with Crippen LogP contribution in [-0.2, 0) is 21.2 Å². The Hall–Kier alpha value is -2.60. The molecular formula is C17H15NO4S. The largest absolute Gasteiger partial charge is 0.481 e. The molecule has 6 heteroatoms. The fourth-order valence-electron chi connectivity index (χ4n) is 2.58. The monoisotopic (exact) mass is 329 g/mol. The van der Waals surface area contributed by atoms with Gasteiger partial charge in [0.05, 0.1) is 10.4 Å². The van der Waals surface area contributed by atoms with Crippen LogP contribution in [0.5, 0.6) is 0 Å². The maximum atomic E-state index is 12.8. The van der Waals surface area contributed by atoms with Gasteiger partial charge in [-0.15, -0.1) is 0 Å². The predicted octanol–water partition coefficient (Wildman–Crippen LogP) is 2.90. The average molecular weight is 329 g/mol. The maximum absolute atomic E-state index is 12.8. The summed E-state index contributed by atoms with van der Waals surface area (Å²) in [7, 11) is -3.67. The standard InChI is InChI=1S/C17H15NO4S/c19-17(20)10-9-13-5-4-8-16-15(13)11-12-18(16)23(21,22)14-6-2-1-3-7-14/h1-8,11-12H,9-10H2,(H,19,20). The Kier molecular flexibility index (Phi) is 3.92. The predicted molar refractivity (Wildman–Crippen MR) is 86.9 cm³/mol. The number of carboxylic acids is 1. The Morgan fingerprint density at radius 2 is 1.74 bits per heavy atom. The third kappa shape index (κ3) is 2.85. The molecule has 3 aromatic rings. The van der Waals surface area contributed by atoms with Gasteiger partial charge in [-0.05, 0) is 36.2 Å². The molecule has 2 aromatic carbocycles. The van der Waals surface area contributed by atoms with Crippen molar-refractivity contribution in [2.45, 2.75) is 17.7 Å². The summed E-state index contributed by atoms with van der Waals surface area (Å²) >= 11 is 0. The molecule has 5 nitrogen and oxygen atoms in total. The number of fused-ring (bicyclic) bond motifs is 1. The molecule has 3 rings (SSSR count). The molecule has 118 valence electrons. The van der Waals surface area contributed by atoms with E-state index in [1.807, 2.05) is 6.07 Å². The number of rotatable bonds is 5. The third-order valence-electron chi connectivity index (χ3n) is 3.70. The Bertz CT molecular complexity index is 959. The van der Waals surface area contributed by atoms with Gasteiger partial charge in [0.2, 0.25) is 0 Å². The first-order valence-electron chi connectivity index (χ1n) is 7.11. The Morgan fingerprint density at radius 1 is 1.00 bits per heavy atom. The summed E-state index contributed by atoms with van der Waals surface area (Å²) < 4.78 is 26.7. The molecule has 0 saturated heterocycles. The topological polar surface area (TPSA) is 76.4 Å². The highest BCUT2D eigenvalue weighted by atomic mass is 32.2. The zero-order chi connectivity index (χ0) is 16.4. The van der Waals surface area contributed by atoms with Gasteiger partial charge in [-0.2, -0.15) is 0 Å². The van der Waals surface area contributed by atoms with Crippen LogP contribution in [0.4, 0.5) is 0 Å². The van der Waals surface area contributed by atoms with Crippen LogP contribution in [0.1, 0.15) is 12.0 Å². The summed E-state index contributed by atoms with van der Waals surface area (Å²) in [4.78, 5) is 11.0. The van der Waals surface area contributed by atoms with E-state index in [0.29, 0.717) is 11.9 Å². The van der Waals surface area contributed by atoms with Crippen LogP contribution in [0, 0.1) is 0 Å². The third-order valence-corrected chi connectivity index (χ3v) is 5.40. The van der Waals surface area contributed by atoms with E-state index in [1.165, 1.54) is 10.2 Å². The Balaban J connectivity index is 2.10. The lowest BCUT2D eigenvalue weighted by molar-refractivity contribution is -0.136. The lowest BCUT2D eigenvalue weighted by atomic mass is 10.1. The number of carboxylic acid groups (broad SMARTS) is 1. The molecule has 1 heterocycles. The maximum Gasteiger partial charge on any atom is 0.303 e. The number of aliphatic carboxylic acids is 1. The molecule has 23 heavy (non-hydrogen) atoms. The minimum atomic E-state index is -3.67. The van der Waals surface area contributed by atoms with Gasteiger partial charge in [-0.25, -0.2) is 12.4 Å². The van der Waals surface area contributed by atoms with E-state index in [2.05, 4.69) is 0 Å².